The molecule has 0 spiro atoms. The average molecular weight is 192 g/mol. The monoisotopic (exact) mass is 191 g/mol. The van der Waals surface area contributed by atoms with Gasteiger partial charge in [0, 0.05) is 6.54 Å². The van der Waals surface area contributed by atoms with E-state index in [9.17, 15) is 5.11 Å². The minimum atomic E-state index is -0.540. The summed E-state index contributed by atoms with van der Waals surface area (Å²) in [6.07, 6.45) is 4.50. The van der Waals surface area contributed by atoms with Crippen molar-refractivity contribution in [3.63, 3.8) is 0 Å². The maximum Gasteiger partial charge on any atom is 0.0822 e. The van der Waals surface area contributed by atoms with Crippen LogP contribution in [0.4, 0.5) is 0 Å². The first-order chi connectivity index (χ1) is 5.10. The maximum absolute atomic E-state index is 10.1. The molecule has 0 aliphatic heterocycles. The summed E-state index contributed by atoms with van der Waals surface area (Å²) < 4.78 is 0. The van der Waals surface area contributed by atoms with Crippen molar-refractivity contribution in [2.24, 2.45) is 17.1 Å². The van der Waals surface area contributed by atoms with Crippen LogP contribution in [0, 0.1) is 11.3 Å². The number of aliphatic hydroxyl groups is 1. The molecule has 3 aliphatic rings. The van der Waals surface area contributed by atoms with Gasteiger partial charge in [-0.1, -0.05) is 6.92 Å². The van der Waals surface area contributed by atoms with E-state index in [4.69, 9.17) is 5.73 Å². The smallest absolute Gasteiger partial charge is 0.0822 e. The van der Waals surface area contributed by atoms with Crippen molar-refractivity contribution in [1.82, 2.24) is 0 Å². The Morgan fingerprint density at radius 2 is 2.08 bits per heavy atom. The molecule has 3 N–H and O–H groups in total. The number of hydrogen-bond acceptors (Lipinski definition) is 2. The van der Waals surface area contributed by atoms with Crippen molar-refractivity contribution in [2.45, 2.75) is 38.2 Å². The highest BCUT2D eigenvalue weighted by Crippen LogP contribution is 2.59. The number of fused-ring (bicyclic) bond motifs is 2. The first kappa shape index (κ1) is 10.3. The third kappa shape index (κ3) is 1.09. The second kappa shape index (κ2) is 2.86. The number of hydrogen-bond donors (Lipinski definition) is 2. The van der Waals surface area contributed by atoms with Crippen molar-refractivity contribution < 1.29 is 5.11 Å². The Morgan fingerprint density at radius 1 is 1.50 bits per heavy atom. The lowest BCUT2D eigenvalue weighted by Crippen LogP contribution is -2.61. The predicted molar refractivity (Wildman–Crippen MR) is 51.3 cm³/mol. The van der Waals surface area contributed by atoms with E-state index < -0.39 is 5.60 Å². The van der Waals surface area contributed by atoms with Crippen LogP contribution in [0.5, 0.6) is 0 Å². The zero-order valence-electron chi connectivity index (χ0n) is 7.55. The summed E-state index contributed by atoms with van der Waals surface area (Å²) in [5.74, 6) is 0.895. The molecule has 2 nitrogen and oxygen atoms in total. The summed E-state index contributed by atoms with van der Waals surface area (Å²) in [7, 11) is 0. The van der Waals surface area contributed by atoms with Gasteiger partial charge in [-0.15, -0.1) is 12.4 Å². The Balaban J connectivity index is 0.000000720. The fourth-order valence-electron chi connectivity index (χ4n) is 2.89. The molecule has 0 saturated heterocycles. The van der Waals surface area contributed by atoms with Gasteiger partial charge in [-0.25, -0.2) is 0 Å². The summed E-state index contributed by atoms with van der Waals surface area (Å²) >= 11 is 0. The molecule has 3 fully saturated rings. The fraction of sp³-hybridized carbons (Fsp3) is 1.00. The van der Waals surface area contributed by atoms with Crippen LogP contribution >= 0.6 is 12.4 Å². The predicted octanol–water partition coefficient (Wildman–Crippen LogP) is 1.31. The molecule has 2 bridgehead atoms. The maximum atomic E-state index is 10.1. The first-order valence-corrected chi connectivity index (χ1v) is 4.52. The van der Waals surface area contributed by atoms with E-state index in [0.29, 0.717) is 6.54 Å². The van der Waals surface area contributed by atoms with Gasteiger partial charge in [-0.2, -0.15) is 0 Å². The summed E-state index contributed by atoms with van der Waals surface area (Å²) in [6.45, 7) is 2.62. The van der Waals surface area contributed by atoms with Gasteiger partial charge in [0.15, 0.2) is 0 Å². The summed E-state index contributed by atoms with van der Waals surface area (Å²) in [4.78, 5) is 0. The molecule has 3 aliphatic carbocycles. The van der Waals surface area contributed by atoms with Crippen LogP contribution in [0.25, 0.3) is 0 Å². The van der Waals surface area contributed by atoms with E-state index in [1.807, 2.05) is 0 Å². The SMILES string of the molecule is CC12CC(CCC1(O)CN)C2.Cl. The number of rotatable bonds is 1. The van der Waals surface area contributed by atoms with Gasteiger partial charge in [-0.3, -0.25) is 0 Å². The highest BCUT2D eigenvalue weighted by Gasteiger charge is 2.57. The Hall–Kier alpha value is 0.210. The third-order valence-electron chi connectivity index (χ3n) is 3.91. The van der Waals surface area contributed by atoms with Crippen molar-refractivity contribution in [2.75, 3.05) is 6.54 Å². The minimum absolute atomic E-state index is 0. The third-order valence-corrected chi connectivity index (χ3v) is 3.91. The minimum Gasteiger partial charge on any atom is -0.388 e. The fourth-order valence-corrected chi connectivity index (χ4v) is 2.89. The zero-order valence-corrected chi connectivity index (χ0v) is 8.36. The quantitative estimate of drug-likeness (QED) is 0.657. The molecule has 1 unspecified atom stereocenters. The lowest BCUT2D eigenvalue weighted by molar-refractivity contribution is -0.177. The van der Waals surface area contributed by atoms with E-state index in [0.717, 1.165) is 12.3 Å². The lowest BCUT2D eigenvalue weighted by Gasteiger charge is -2.60. The van der Waals surface area contributed by atoms with Crippen molar-refractivity contribution in [1.29, 1.82) is 0 Å². The highest BCUT2D eigenvalue weighted by molar-refractivity contribution is 5.85. The average Bonchev–Trinajstić information content (AvgIpc) is 1.93. The molecule has 1 atom stereocenters. The van der Waals surface area contributed by atoms with Gasteiger partial charge in [0.25, 0.3) is 0 Å². The number of halogens is 1. The van der Waals surface area contributed by atoms with E-state index in [1.165, 1.54) is 19.3 Å². The topological polar surface area (TPSA) is 46.2 Å². The molecule has 0 aromatic rings. The largest absolute Gasteiger partial charge is 0.388 e. The van der Waals surface area contributed by atoms with Crippen LogP contribution in [0.3, 0.4) is 0 Å². The molecule has 0 aromatic heterocycles. The van der Waals surface area contributed by atoms with E-state index >= 15 is 0 Å². The van der Waals surface area contributed by atoms with Gasteiger partial charge in [0.1, 0.15) is 0 Å². The highest BCUT2D eigenvalue weighted by atomic mass is 35.5. The molecular formula is C9H18ClNO. The Labute approximate surface area is 79.9 Å². The van der Waals surface area contributed by atoms with Crippen molar-refractivity contribution >= 4 is 12.4 Å². The summed E-state index contributed by atoms with van der Waals surface area (Å²) in [5, 5.41) is 10.1. The zero-order chi connectivity index (χ0) is 8.11. The molecule has 0 amide bonds. The molecule has 0 heterocycles. The van der Waals surface area contributed by atoms with Gasteiger partial charge < -0.3 is 10.8 Å². The molecule has 3 heteroatoms. The van der Waals surface area contributed by atoms with Gasteiger partial charge >= 0.3 is 0 Å². The summed E-state index contributed by atoms with van der Waals surface area (Å²) in [5.41, 5.74) is 5.21. The molecule has 3 rings (SSSR count). The van der Waals surface area contributed by atoms with Gasteiger partial charge in [0.2, 0.25) is 0 Å². The first-order valence-electron chi connectivity index (χ1n) is 4.52. The molecule has 12 heavy (non-hydrogen) atoms. The molecule has 0 aromatic carbocycles. The van der Waals surface area contributed by atoms with E-state index in [2.05, 4.69) is 6.92 Å². The Bertz CT molecular complexity index is 179. The van der Waals surface area contributed by atoms with Crippen LogP contribution in [-0.4, -0.2) is 17.3 Å². The van der Waals surface area contributed by atoms with E-state index in [-0.39, 0.29) is 17.8 Å². The van der Waals surface area contributed by atoms with Crippen LogP contribution in [0.1, 0.15) is 32.6 Å². The van der Waals surface area contributed by atoms with Crippen LogP contribution < -0.4 is 5.73 Å². The van der Waals surface area contributed by atoms with Crippen molar-refractivity contribution in [3.8, 4) is 0 Å². The number of nitrogens with two attached hydrogens (primary N) is 1. The van der Waals surface area contributed by atoms with Gasteiger partial charge in [-0.05, 0) is 37.0 Å². The van der Waals surface area contributed by atoms with Crippen molar-refractivity contribution in [3.05, 3.63) is 0 Å². The normalized spacial score (nSPS) is 50.8. The second-order valence-electron chi connectivity index (χ2n) is 4.61. The lowest BCUT2D eigenvalue weighted by atomic mass is 9.48. The van der Waals surface area contributed by atoms with Crippen LogP contribution in [0.15, 0.2) is 0 Å². The summed E-state index contributed by atoms with van der Waals surface area (Å²) in [6, 6.07) is 0. The van der Waals surface area contributed by atoms with E-state index in [1.54, 1.807) is 0 Å². The molecular weight excluding hydrogens is 174 g/mol. The second-order valence-corrected chi connectivity index (χ2v) is 4.61. The molecule has 0 radical (unpaired) electrons. The van der Waals surface area contributed by atoms with Gasteiger partial charge in [0.05, 0.1) is 5.60 Å². The Morgan fingerprint density at radius 3 is 2.42 bits per heavy atom. The van der Waals surface area contributed by atoms with Crippen LogP contribution in [0.2, 0.25) is 0 Å². The molecule has 72 valence electrons. The standard InChI is InChI=1S/C9H17NO.ClH/c1-8-4-7(5-8)2-3-9(8,11)6-10;/h7,11H,2-6,10H2,1H3;1H. The Kier molecular flexibility index (Phi) is 2.45. The van der Waals surface area contributed by atoms with Crippen LogP contribution in [-0.2, 0) is 0 Å². The molecule has 3 saturated carbocycles.